The van der Waals surface area contributed by atoms with Crippen molar-refractivity contribution in [2.75, 3.05) is 18.9 Å². The Morgan fingerprint density at radius 2 is 2.21 bits per heavy atom. The van der Waals surface area contributed by atoms with Gasteiger partial charge in [0.05, 0.1) is 6.54 Å². The van der Waals surface area contributed by atoms with E-state index in [4.69, 9.17) is 0 Å². The second-order valence-corrected chi connectivity index (χ2v) is 5.98. The molecule has 0 bridgehead atoms. The molecule has 1 unspecified atom stereocenters. The van der Waals surface area contributed by atoms with Gasteiger partial charge in [-0.2, -0.15) is 0 Å². The summed E-state index contributed by atoms with van der Waals surface area (Å²) in [5, 5.41) is 2.98. The van der Waals surface area contributed by atoms with Crippen molar-refractivity contribution < 1.29 is 0 Å². The van der Waals surface area contributed by atoms with Gasteiger partial charge in [-0.25, -0.2) is 0 Å². The van der Waals surface area contributed by atoms with Crippen LogP contribution in [-0.2, 0) is 0 Å². The molecule has 0 amide bonds. The van der Waals surface area contributed by atoms with E-state index in [1.54, 1.807) is 0 Å². The van der Waals surface area contributed by atoms with E-state index in [9.17, 15) is 0 Å². The molecule has 14 heavy (non-hydrogen) atoms. The topological polar surface area (TPSA) is 15.6 Å². The van der Waals surface area contributed by atoms with Gasteiger partial charge in [-0.15, -0.1) is 0 Å². The molecule has 0 saturated heterocycles. The zero-order valence-corrected chi connectivity index (χ0v) is 11.0. The molecule has 2 nitrogen and oxygen atoms in total. The summed E-state index contributed by atoms with van der Waals surface area (Å²) >= 11 is 5.46. The second kappa shape index (κ2) is 4.88. The predicted molar refractivity (Wildman–Crippen MR) is 67.5 cm³/mol. The van der Waals surface area contributed by atoms with Crippen LogP contribution < -0.4 is 0 Å². The Bertz CT molecular complexity index is 226. The van der Waals surface area contributed by atoms with Crippen molar-refractivity contribution in [1.82, 2.24) is 4.90 Å². The molecular formula is C10H17BrN2S. The summed E-state index contributed by atoms with van der Waals surface area (Å²) in [4.78, 5) is 7.01. The van der Waals surface area contributed by atoms with E-state index in [1.165, 1.54) is 30.9 Å². The minimum absolute atomic E-state index is 0.661. The molecular weight excluding hydrogens is 260 g/mol. The summed E-state index contributed by atoms with van der Waals surface area (Å²) < 4.78 is 0. The summed E-state index contributed by atoms with van der Waals surface area (Å²) in [7, 11) is 2.21. The Hall–Kier alpha value is 0.300. The van der Waals surface area contributed by atoms with Gasteiger partial charge in [0.25, 0.3) is 0 Å². The molecule has 1 saturated carbocycles. The third kappa shape index (κ3) is 2.27. The summed E-state index contributed by atoms with van der Waals surface area (Å²) in [5.74, 6) is 0. The number of rotatable bonds is 2. The van der Waals surface area contributed by atoms with Crippen LogP contribution in [0.15, 0.2) is 4.99 Å². The average Bonchev–Trinajstić information content (AvgIpc) is 2.88. The zero-order chi connectivity index (χ0) is 9.97. The maximum atomic E-state index is 4.61. The van der Waals surface area contributed by atoms with Crippen molar-refractivity contribution in [3.63, 3.8) is 0 Å². The van der Waals surface area contributed by atoms with Gasteiger partial charge in [0, 0.05) is 23.7 Å². The van der Waals surface area contributed by atoms with E-state index < -0.39 is 0 Å². The van der Waals surface area contributed by atoms with E-state index in [2.05, 4.69) is 32.9 Å². The van der Waals surface area contributed by atoms with Crippen molar-refractivity contribution >= 4 is 32.9 Å². The van der Waals surface area contributed by atoms with Gasteiger partial charge >= 0.3 is 0 Å². The largest absolute Gasteiger partial charge is 0.352 e. The van der Waals surface area contributed by atoms with Crippen LogP contribution in [0.4, 0.5) is 0 Å². The maximum Gasteiger partial charge on any atom is 0.159 e. The van der Waals surface area contributed by atoms with E-state index >= 15 is 0 Å². The second-order valence-electron chi connectivity index (χ2n) is 4.07. The Kier molecular flexibility index (Phi) is 3.77. The molecule has 0 spiro atoms. The molecule has 2 aliphatic rings. The van der Waals surface area contributed by atoms with Gasteiger partial charge in [-0.1, -0.05) is 40.5 Å². The highest BCUT2D eigenvalue weighted by molar-refractivity contribution is 9.09. The molecule has 0 radical (unpaired) electrons. The summed E-state index contributed by atoms with van der Waals surface area (Å²) in [6.45, 7) is 0.988. The monoisotopic (exact) mass is 276 g/mol. The van der Waals surface area contributed by atoms with Gasteiger partial charge in [0.2, 0.25) is 0 Å². The zero-order valence-electron chi connectivity index (χ0n) is 8.58. The quantitative estimate of drug-likeness (QED) is 0.721. The first-order valence-corrected chi connectivity index (χ1v) is 7.31. The number of nitrogens with zero attached hydrogens (tertiary/aromatic N) is 2. The highest BCUT2D eigenvalue weighted by atomic mass is 79.9. The molecule has 1 fully saturated rings. The molecule has 80 valence electrons. The van der Waals surface area contributed by atoms with Crippen LogP contribution in [0.2, 0.25) is 0 Å². The number of hydrogen-bond acceptors (Lipinski definition) is 3. The lowest BCUT2D eigenvalue weighted by atomic mass is 10.2. The number of thioether (sulfide) groups is 1. The fraction of sp³-hybridized carbons (Fsp3) is 0.900. The van der Waals surface area contributed by atoms with Gasteiger partial charge in [-0.05, 0) is 12.8 Å². The molecule has 1 atom stereocenters. The van der Waals surface area contributed by atoms with Crippen LogP contribution in [-0.4, -0.2) is 40.3 Å². The number of aliphatic imine (C=N–C) groups is 1. The van der Waals surface area contributed by atoms with Crippen LogP contribution in [0.25, 0.3) is 0 Å². The fourth-order valence-corrected chi connectivity index (χ4v) is 3.70. The molecule has 1 heterocycles. The lowest BCUT2D eigenvalue weighted by Gasteiger charge is -2.25. The van der Waals surface area contributed by atoms with Gasteiger partial charge in [0.15, 0.2) is 5.17 Å². The van der Waals surface area contributed by atoms with Gasteiger partial charge in [-0.3, -0.25) is 4.99 Å². The third-order valence-electron chi connectivity index (χ3n) is 3.05. The minimum Gasteiger partial charge on any atom is -0.352 e. The lowest BCUT2D eigenvalue weighted by Crippen LogP contribution is -2.32. The Labute approximate surface area is 98.7 Å². The minimum atomic E-state index is 0.661. The summed E-state index contributed by atoms with van der Waals surface area (Å²) in [5.41, 5.74) is 0. The average molecular weight is 277 g/mol. The van der Waals surface area contributed by atoms with Crippen LogP contribution >= 0.6 is 27.7 Å². The normalized spacial score (nSPS) is 28.1. The Balaban J connectivity index is 1.89. The molecule has 2 rings (SSSR count). The molecule has 1 aliphatic carbocycles. The smallest absolute Gasteiger partial charge is 0.159 e. The van der Waals surface area contributed by atoms with Crippen LogP contribution in [0, 0.1) is 0 Å². The fourth-order valence-electron chi connectivity index (χ4n) is 2.13. The SMILES string of the molecule is CN(C1=NCC(CBr)S1)C1CCCC1. The van der Waals surface area contributed by atoms with E-state index in [-0.39, 0.29) is 0 Å². The highest BCUT2D eigenvalue weighted by Gasteiger charge is 2.27. The van der Waals surface area contributed by atoms with Crippen molar-refractivity contribution in [2.24, 2.45) is 4.99 Å². The Morgan fingerprint density at radius 1 is 1.50 bits per heavy atom. The summed E-state index contributed by atoms with van der Waals surface area (Å²) in [6.07, 6.45) is 5.51. The Morgan fingerprint density at radius 3 is 2.79 bits per heavy atom. The predicted octanol–water partition coefficient (Wildman–Crippen LogP) is 2.73. The maximum absolute atomic E-state index is 4.61. The highest BCUT2D eigenvalue weighted by Crippen LogP contribution is 2.29. The van der Waals surface area contributed by atoms with E-state index in [0.717, 1.165) is 17.9 Å². The lowest BCUT2D eigenvalue weighted by molar-refractivity contribution is 0.378. The third-order valence-corrected chi connectivity index (χ3v) is 5.54. The summed E-state index contributed by atoms with van der Waals surface area (Å²) in [6, 6.07) is 0.760. The van der Waals surface area contributed by atoms with Crippen molar-refractivity contribution in [3.05, 3.63) is 0 Å². The van der Waals surface area contributed by atoms with E-state index in [0.29, 0.717) is 5.25 Å². The molecule has 4 heteroatoms. The molecule has 0 aromatic rings. The van der Waals surface area contributed by atoms with Crippen LogP contribution in [0.5, 0.6) is 0 Å². The molecule has 0 aromatic carbocycles. The molecule has 0 N–H and O–H groups in total. The van der Waals surface area contributed by atoms with Gasteiger partial charge < -0.3 is 4.90 Å². The van der Waals surface area contributed by atoms with Crippen molar-refractivity contribution in [3.8, 4) is 0 Å². The number of hydrogen-bond donors (Lipinski definition) is 0. The van der Waals surface area contributed by atoms with E-state index in [1.807, 2.05) is 11.8 Å². The standard InChI is InChI=1S/C10H17BrN2S/c1-13(8-4-2-3-5-8)10-12-7-9(6-11)14-10/h8-9H,2-7H2,1H3. The first-order chi connectivity index (χ1) is 6.81. The van der Waals surface area contributed by atoms with Crippen molar-refractivity contribution in [1.29, 1.82) is 0 Å². The molecule has 0 aromatic heterocycles. The van der Waals surface area contributed by atoms with Crippen molar-refractivity contribution in [2.45, 2.75) is 37.0 Å². The number of amidine groups is 1. The first-order valence-electron chi connectivity index (χ1n) is 5.31. The van der Waals surface area contributed by atoms with Crippen LogP contribution in [0.1, 0.15) is 25.7 Å². The first kappa shape index (κ1) is 10.8. The molecule has 1 aliphatic heterocycles. The number of alkyl halides is 1. The van der Waals surface area contributed by atoms with Gasteiger partial charge in [0.1, 0.15) is 0 Å². The number of halogens is 1. The van der Waals surface area contributed by atoms with Crippen LogP contribution in [0.3, 0.4) is 0 Å².